The molecule has 2 rings (SSSR count). The van der Waals surface area contributed by atoms with Gasteiger partial charge in [-0.15, -0.1) is 0 Å². The fraction of sp³-hybridized carbons (Fsp3) is 0.571. The highest BCUT2D eigenvalue weighted by Gasteiger charge is 2.35. The van der Waals surface area contributed by atoms with E-state index in [2.05, 4.69) is 4.72 Å². The summed E-state index contributed by atoms with van der Waals surface area (Å²) >= 11 is 1.73. The molecule has 1 aromatic carbocycles. The Morgan fingerprint density at radius 2 is 2.23 bits per heavy atom. The number of halogens is 1. The number of ether oxygens (including phenoxy) is 2. The maximum absolute atomic E-state index is 13.8. The van der Waals surface area contributed by atoms with Crippen LogP contribution in [-0.2, 0) is 14.8 Å². The molecule has 5 nitrogen and oxygen atoms in total. The van der Waals surface area contributed by atoms with Crippen molar-refractivity contribution < 1.29 is 22.3 Å². The van der Waals surface area contributed by atoms with E-state index in [4.69, 9.17) is 9.47 Å². The molecule has 0 aliphatic carbocycles. The van der Waals surface area contributed by atoms with Gasteiger partial charge >= 0.3 is 0 Å². The predicted octanol–water partition coefficient (Wildman–Crippen LogP) is 2.02. The van der Waals surface area contributed by atoms with E-state index in [0.717, 1.165) is 24.0 Å². The normalized spacial score (nSPS) is 22.0. The number of sulfonamides is 1. The lowest BCUT2D eigenvalue weighted by molar-refractivity contribution is 0.0179. The first-order chi connectivity index (χ1) is 10.4. The molecule has 1 aliphatic rings. The molecule has 124 valence electrons. The van der Waals surface area contributed by atoms with Crippen molar-refractivity contribution in [2.75, 3.05) is 31.8 Å². The van der Waals surface area contributed by atoms with E-state index >= 15 is 0 Å². The zero-order valence-electron chi connectivity index (χ0n) is 12.6. The van der Waals surface area contributed by atoms with E-state index in [0.29, 0.717) is 6.61 Å². The Labute approximate surface area is 134 Å². The van der Waals surface area contributed by atoms with Gasteiger partial charge in [0.05, 0.1) is 17.1 Å². The van der Waals surface area contributed by atoms with Crippen LogP contribution in [0.2, 0.25) is 0 Å². The molecule has 1 fully saturated rings. The highest BCUT2D eigenvalue weighted by Crippen LogP contribution is 2.30. The number of rotatable bonds is 7. The minimum atomic E-state index is -3.78. The van der Waals surface area contributed by atoms with Crippen molar-refractivity contribution in [3.05, 3.63) is 24.0 Å². The van der Waals surface area contributed by atoms with Gasteiger partial charge in [-0.25, -0.2) is 17.5 Å². The molecule has 1 saturated heterocycles. The lowest BCUT2D eigenvalue weighted by atomic mass is 10.0. The summed E-state index contributed by atoms with van der Waals surface area (Å²) in [5.41, 5.74) is -0.485. The lowest BCUT2D eigenvalue weighted by Gasteiger charge is -2.26. The third kappa shape index (κ3) is 3.92. The van der Waals surface area contributed by atoms with Gasteiger partial charge in [0.15, 0.2) is 11.6 Å². The number of nitrogens with one attached hydrogen (secondary N) is 1. The fourth-order valence-electron chi connectivity index (χ4n) is 2.19. The Kier molecular flexibility index (Phi) is 5.70. The van der Waals surface area contributed by atoms with Crippen molar-refractivity contribution in [1.82, 2.24) is 4.72 Å². The first kappa shape index (κ1) is 17.5. The molecule has 0 bridgehead atoms. The summed E-state index contributed by atoms with van der Waals surface area (Å²) in [4.78, 5) is -0.120. The molecule has 1 aliphatic heterocycles. The van der Waals surface area contributed by atoms with Crippen molar-refractivity contribution in [2.24, 2.45) is 0 Å². The Morgan fingerprint density at radius 3 is 2.77 bits per heavy atom. The molecule has 1 heterocycles. The number of hydrogen-bond acceptors (Lipinski definition) is 5. The summed E-state index contributed by atoms with van der Waals surface area (Å²) in [5, 5.41) is 0. The van der Waals surface area contributed by atoms with Crippen LogP contribution in [0.3, 0.4) is 0 Å². The second kappa shape index (κ2) is 7.16. The molecule has 0 radical (unpaired) electrons. The van der Waals surface area contributed by atoms with E-state index < -0.39 is 21.4 Å². The van der Waals surface area contributed by atoms with Crippen molar-refractivity contribution in [1.29, 1.82) is 0 Å². The summed E-state index contributed by atoms with van der Waals surface area (Å²) in [6.45, 7) is 2.22. The quantitative estimate of drug-likeness (QED) is 0.816. The number of benzene rings is 1. The highest BCUT2D eigenvalue weighted by atomic mass is 32.2. The SMILES string of the molecule is CCOc1ccc(S(=O)(=O)NC[C@]2(OC)CCSC2)cc1F. The van der Waals surface area contributed by atoms with Crippen molar-refractivity contribution in [3.8, 4) is 5.75 Å². The topological polar surface area (TPSA) is 64.6 Å². The third-order valence-electron chi connectivity index (χ3n) is 3.60. The molecule has 1 atom stereocenters. The standard InChI is InChI=1S/C14H20FNO4S2/c1-3-20-13-5-4-11(8-12(13)15)22(17,18)16-9-14(19-2)6-7-21-10-14/h4-5,8,16H,3,6-7,9-10H2,1-2H3/t14-/m1/s1. The average molecular weight is 349 g/mol. The molecule has 0 aromatic heterocycles. The van der Waals surface area contributed by atoms with Gasteiger partial charge < -0.3 is 9.47 Å². The summed E-state index contributed by atoms with van der Waals surface area (Å²) < 4.78 is 51.4. The Bertz CT molecular complexity index is 615. The van der Waals surface area contributed by atoms with E-state index in [1.54, 1.807) is 25.8 Å². The molecule has 8 heteroatoms. The molecule has 0 spiro atoms. The van der Waals surface area contributed by atoms with Crippen LogP contribution >= 0.6 is 11.8 Å². The van der Waals surface area contributed by atoms with Crippen LogP contribution in [0.5, 0.6) is 5.75 Å². The number of thioether (sulfide) groups is 1. The molecule has 0 amide bonds. The smallest absolute Gasteiger partial charge is 0.240 e. The first-order valence-electron chi connectivity index (χ1n) is 6.97. The highest BCUT2D eigenvalue weighted by molar-refractivity contribution is 7.99. The summed E-state index contributed by atoms with van der Waals surface area (Å²) in [7, 11) is -2.20. The summed E-state index contributed by atoms with van der Waals surface area (Å²) in [5.74, 6) is 1.03. The van der Waals surface area contributed by atoms with Gasteiger partial charge in [0.1, 0.15) is 0 Å². The summed E-state index contributed by atoms with van der Waals surface area (Å²) in [6.07, 6.45) is 0.786. The van der Waals surface area contributed by atoms with Gasteiger partial charge in [0, 0.05) is 19.4 Å². The average Bonchev–Trinajstić information content (AvgIpc) is 2.97. The Hall–Kier alpha value is -0.830. The zero-order valence-corrected chi connectivity index (χ0v) is 14.2. The van der Waals surface area contributed by atoms with E-state index in [1.807, 2.05) is 0 Å². The maximum atomic E-state index is 13.8. The van der Waals surface area contributed by atoms with Gasteiger partial charge in [-0.1, -0.05) is 0 Å². The van der Waals surface area contributed by atoms with E-state index in [1.165, 1.54) is 12.1 Å². The molecule has 22 heavy (non-hydrogen) atoms. The zero-order chi connectivity index (χ0) is 16.2. The molecule has 1 aromatic rings. The fourth-order valence-corrected chi connectivity index (χ4v) is 4.71. The maximum Gasteiger partial charge on any atom is 0.240 e. The minimum absolute atomic E-state index is 0.0435. The molecule has 0 unspecified atom stereocenters. The Balaban J connectivity index is 2.11. The number of methoxy groups -OCH3 is 1. The van der Waals surface area contributed by atoms with Crippen LogP contribution in [0.25, 0.3) is 0 Å². The predicted molar refractivity (Wildman–Crippen MR) is 84.4 cm³/mol. The van der Waals surface area contributed by atoms with Crippen LogP contribution in [0.1, 0.15) is 13.3 Å². The van der Waals surface area contributed by atoms with Crippen LogP contribution in [0, 0.1) is 5.82 Å². The third-order valence-corrected chi connectivity index (χ3v) is 6.22. The second-order valence-corrected chi connectivity index (χ2v) is 7.91. The van der Waals surface area contributed by atoms with E-state index in [9.17, 15) is 12.8 Å². The van der Waals surface area contributed by atoms with Gasteiger partial charge in [0.2, 0.25) is 10.0 Å². The van der Waals surface area contributed by atoms with Crippen LogP contribution < -0.4 is 9.46 Å². The van der Waals surface area contributed by atoms with Gasteiger partial charge in [0.25, 0.3) is 0 Å². The van der Waals surface area contributed by atoms with Crippen molar-refractivity contribution in [2.45, 2.75) is 23.8 Å². The number of hydrogen-bond donors (Lipinski definition) is 1. The van der Waals surface area contributed by atoms with Crippen LogP contribution in [0.4, 0.5) is 4.39 Å². The van der Waals surface area contributed by atoms with E-state index in [-0.39, 0.29) is 17.2 Å². The van der Waals surface area contributed by atoms with Crippen molar-refractivity contribution >= 4 is 21.8 Å². The minimum Gasteiger partial charge on any atom is -0.491 e. The summed E-state index contributed by atoms with van der Waals surface area (Å²) in [6, 6.07) is 3.63. The van der Waals surface area contributed by atoms with Gasteiger partial charge in [-0.3, -0.25) is 0 Å². The van der Waals surface area contributed by atoms with Gasteiger partial charge in [-0.05, 0) is 37.3 Å². The van der Waals surface area contributed by atoms with Crippen LogP contribution in [0.15, 0.2) is 23.1 Å². The molecule has 1 N–H and O–H groups in total. The van der Waals surface area contributed by atoms with Crippen LogP contribution in [-0.4, -0.2) is 45.8 Å². The van der Waals surface area contributed by atoms with Crippen molar-refractivity contribution in [3.63, 3.8) is 0 Å². The largest absolute Gasteiger partial charge is 0.491 e. The molecular formula is C14H20FNO4S2. The lowest BCUT2D eigenvalue weighted by Crippen LogP contribution is -2.44. The monoisotopic (exact) mass is 349 g/mol. The first-order valence-corrected chi connectivity index (χ1v) is 9.61. The molecular weight excluding hydrogens is 329 g/mol. The Morgan fingerprint density at radius 1 is 1.45 bits per heavy atom. The second-order valence-electron chi connectivity index (χ2n) is 5.04. The van der Waals surface area contributed by atoms with Gasteiger partial charge in [-0.2, -0.15) is 11.8 Å². The molecule has 0 saturated carbocycles.